The number of benzene rings is 1. The molecule has 2 N–H and O–H groups in total. The topological polar surface area (TPSA) is 49.3 Å². The number of aliphatic hydroxyl groups is 1. The molecule has 0 saturated carbocycles. The number of carbonyl (C=O) groups excluding carboxylic acids is 1. The number of carbonyl (C=O) groups is 1. The van der Waals surface area contributed by atoms with Crippen LogP contribution < -0.4 is 5.32 Å². The van der Waals surface area contributed by atoms with Gasteiger partial charge in [-0.05, 0) is 31.9 Å². The summed E-state index contributed by atoms with van der Waals surface area (Å²) in [7, 11) is 0. The van der Waals surface area contributed by atoms with Crippen LogP contribution in [0, 0.1) is 24.7 Å². The van der Waals surface area contributed by atoms with E-state index in [0.29, 0.717) is 17.0 Å². The molecule has 0 bridgehead atoms. The maximum absolute atomic E-state index is 12.3. The van der Waals surface area contributed by atoms with Gasteiger partial charge in [0.2, 0.25) is 0 Å². The molecule has 1 aromatic carbocycles. The second-order valence-corrected chi connectivity index (χ2v) is 5.02. The average molecular weight is 259 g/mol. The molecule has 0 fully saturated rings. The zero-order valence-electron chi connectivity index (χ0n) is 11.9. The van der Waals surface area contributed by atoms with E-state index in [1.54, 1.807) is 0 Å². The van der Waals surface area contributed by atoms with Crippen molar-refractivity contribution in [3.8, 4) is 11.8 Å². The maximum Gasteiger partial charge on any atom is 0.252 e. The lowest BCUT2D eigenvalue weighted by Crippen LogP contribution is -2.36. The summed E-state index contributed by atoms with van der Waals surface area (Å²) in [5.74, 6) is 5.65. The van der Waals surface area contributed by atoms with E-state index < -0.39 is 0 Å². The molecule has 3 nitrogen and oxygen atoms in total. The number of aryl methyl sites for hydroxylation is 1. The van der Waals surface area contributed by atoms with Crippen molar-refractivity contribution in [3.63, 3.8) is 0 Å². The molecule has 0 saturated heterocycles. The first kappa shape index (κ1) is 15.3. The Morgan fingerprint density at radius 3 is 2.63 bits per heavy atom. The van der Waals surface area contributed by atoms with Crippen LogP contribution in [0.3, 0.4) is 0 Å². The van der Waals surface area contributed by atoms with Crippen molar-refractivity contribution in [1.29, 1.82) is 0 Å². The van der Waals surface area contributed by atoms with E-state index in [1.165, 1.54) is 0 Å². The van der Waals surface area contributed by atoms with Crippen molar-refractivity contribution >= 4 is 5.91 Å². The van der Waals surface area contributed by atoms with Crippen molar-refractivity contribution in [2.75, 3.05) is 6.61 Å². The molecule has 0 spiro atoms. The van der Waals surface area contributed by atoms with Gasteiger partial charge in [0.1, 0.15) is 6.61 Å². The molecule has 1 aromatic rings. The van der Waals surface area contributed by atoms with Gasteiger partial charge in [0.05, 0.1) is 5.56 Å². The molecule has 0 radical (unpaired) electrons. The Kier molecular flexibility index (Phi) is 5.59. The summed E-state index contributed by atoms with van der Waals surface area (Å²) in [5, 5.41) is 11.7. The lowest BCUT2D eigenvalue weighted by Gasteiger charge is -2.18. The fraction of sp³-hybridized carbons (Fsp3) is 0.438. The molecule has 1 unspecified atom stereocenters. The van der Waals surface area contributed by atoms with Crippen molar-refractivity contribution in [3.05, 3.63) is 34.9 Å². The van der Waals surface area contributed by atoms with Crippen LogP contribution in [0.2, 0.25) is 0 Å². The van der Waals surface area contributed by atoms with Gasteiger partial charge in [-0.1, -0.05) is 37.3 Å². The van der Waals surface area contributed by atoms with Crippen LogP contribution in [-0.4, -0.2) is 23.7 Å². The molecule has 0 aliphatic rings. The Hall–Kier alpha value is -1.79. The number of hydrogen-bond donors (Lipinski definition) is 2. The van der Waals surface area contributed by atoms with Gasteiger partial charge in [0.15, 0.2) is 0 Å². The monoisotopic (exact) mass is 259 g/mol. The van der Waals surface area contributed by atoms with Gasteiger partial charge >= 0.3 is 0 Å². The summed E-state index contributed by atoms with van der Waals surface area (Å²) in [6, 6.07) is 5.65. The number of amides is 1. The summed E-state index contributed by atoms with van der Waals surface area (Å²) in [5.41, 5.74) is 2.22. The van der Waals surface area contributed by atoms with Crippen LogP contribution in [-0.2, 0) is 0 Å². The van der Waals surface area contributed by atoms with E-state index in [4.69, 9.17) is 5.11 Å². The second-order valence-electron chi connectivity index (χ2n) is 5.02. The van der Waals surface area contributed by atoms with Crippen LogP contribution >= 0.6 is 0 Å². The third-order valence-corrected chi connectivity index (χ3v) is 3.08. The Labute approximate surface area is 115 Å². The summed E-state index contributed by atoms with van der Waals surface area (Å²) in [6.07, 6.45) is 0. The minimum absolute atomic E-state index is 0.103. The maximum atomic E-state index is 12.3. The molecule has 19 heavy (non-hydrogen) atoms. The Bertz CT molecular complexity index is 509. The molecular weight excluding hydrogens is 238 g/mol. The van der Waals surface area contributed by atoms with Gasteiger partial charge in [-0.3, -0.25) is 4.79 Å². The average Bonchev–Trinajstić information content (AvgIpc) is 2.36. The molecular formula is C16H21NO2. The number of hydrogen-bond acceptors (Lipinski definition) is 2. The van der Waals surface area contributed by atoms with Crippen molar-refractivity contribution in [2.45, 2.75) is 33.7 Å². The first-order valence-corrected chi connectivity index (χ1v) is 6.47. The second kappa shape index (κ2) is 6.96. The zero-order chi connectivity index (χ0) is 14.4. The first-order chi connectivity index (χ1) is 8.95. The molecule has 0 aliphatic heterocycles. The van der Waals surface area contributed by atoms with Gasteiger partial charge in [0.25, 0.3) is 5.91 Å². The lowest BCUT2D eigenvalue weighted by atomic mass is 10.0. The fourth-order valence-corrected chi connectivity index (χ4v) is 1.54. The molecule has 1 amide bonds. The predicted molar refractivity (Wildman–Crippen MR) is 76.9 cm³/mol. The third-order valence-electron chi connectivity index (χ3n) is 3.08. The number of rotatable bonds is 3. The van der Waals surface area contributed by atoms with Gasteiger partial charge in [0, 0.05) is 11.6 Å². The minimum atomic E-state index is -0.211. The van der Waals surface area contributed by atoms with Gasteiger partial charge in [-0.2, -0.15) is 0 Å². The van der Waals surface area contributed by atoms with E-state index in [0.717, 1.165) is 5.56 Å². The van der Waals surface area contributed by atoms with E-state index >= 15 is 0 Å². The molecule has 3 heteroatoms. The smallest absolute Gasteiger partial charge is 0.252 e. The standard InChI is InChI=1S/C16H21NO2/c1-11(2)13(4)17-16(19)15-10-12(3)7-8-14(15)6-5-9-18/h7-8,10-11,13,18H,9H2,1-4H3,(H,17,19). The van der Waals surface area contributed by atoms with Gasteiger partial charge < -0.3 is 10.4 Å². The van der Waals surface area contributed by atoms with E-state index in [2.05, 4.69) is 31.0 Å². The summed E-state index contributed by atoms with van der Waals surface area (Å²) in [6.45, 7) is 7.84. The zero-order valence-corrected chi connectivity index (χ0v) is 11.9. The fourth-order valence-electron chi connectivity index (χ4n) is 1.54. The Balaban J connectivity index is 3.03. The minimum Gasteiger partial charge on any atom is -0.384 e. The number of aliphatic hydroxyl groups excluding tert-OH is 1. The highest BCUT2D eigenvalue weighted by Crippen LogP contribution is 2.12. The Morgan fingerprint density at radius 2 is 2.05 bits per heavy atom. The van der Waals surface area contributed by atoms with Crippen molar-refractivity contribution in [1.82, 2.24) is 5.32 Å². The van der Waals surface area contributed by atoms with Crippen LogP contribution in [0.1, 0.15) is 42.3 Å². The summed E-state index contributed by atoms with van der Waals surface area (Å²) in [4.78, 5) is 12.3. The molecule has 0 aliphatic carbocycles. The van der Waals surface area contributed by atoms with Gasteiger partial charge in [-0.15, -0.1) is 0 Å². The molecule has 0 aromatic heterocycles. The van der Waals surface area contributed by atoms with Crippen LogP contribution in [0.4, 0.5) is 0 Å². The molecule has 1 atom stereocenters. The number of nitrogens with one attached hydrogen (secondary N) is 1. The lowest BCUT2D eigenvalue weighted by molar-refractivity contribution is 0.0930. The van der Waals surface area contributed by atoms with E-state index in [-0.39, 0.29) is 18.6 Å². The SMILES string of the molecule is Cc1ccc(C#CCO)c(C(=O)NC(C)C(C)C)c1. The molecule has 102 valence electrons. The van der Waals surface area contributed by atoms with Crippen molar-refractivity contribution < 1.29 is 9.90 Å². The first-order valence-electron chi connectivity index (χ1n) is 6.47. The summed E-state index contributed by atoms with van der Waals surface area (Å²) >= 11 is 0. The predicted octanol–water partition coefficient (Wildman–Crippen LogP) is 2.11. The largest absolute Gasteiger partial charge is 0.384 e. The highest BCUT2D eigenvalue weighted by atomic mass is 16.2. The van der Waals surface area contributed by atoms with Crippen LogP contribution in [0.5, 0.6) is 0 Å². The Morgan fingerprint density at radius 1 is 1.37 bits per heavy atom. The highest BCUT2D eigenvalue weighted by molar-refractivity contribution is 5.97. The van der Waals surface area contributed by atoms with Crippen molar-refractivity contribution in [2.24, 2.45) is 5.92 Å². The van der Waals surface area contributed by atoms with Gasteiger partial charge in [-0.25, -0.2) is 0 Å². The highest BCUT2D eigenvalue weighted by Gasteiger charge is 2.15. The quantitative estimate of drug-likeness (QED) is 0.817. The van der Waals surface area contributed by atoms with E-state index in [9.17, 15) is 4.79 Å². The van der Waals surface area contributed by atoms with Crippen LogP contribution in [0.25, 0.3) is 0 Å². The normalized spacial score (nSPS) is 11.7. The van der Waals surface area contributed by atoms with E-state index in [1.807, 2.05) is 32.0 Å². The van der Waals surface area contributed by atoms with Crippen LogP contribution in [0.15, 0.2) is 18.2 Å². The molecule has 1 rings (SSSR count). The summed E-state index contributed by atoms with van der Waals surface area (Å²) < 4.78 is 0. The molecule has 0 heterocycles. The third kappa shape index (κ3) is 4.42.